The number of esters is 1. The maximum atomic E-state index is 12.8. The lowest BCUT2D eigenvalue weighted by molar-refractivity contribution is -0.134. The van der Waals surface area contributed by atoms with Gasteiger partial charge in [0.15, 0.2) is 6.61 Å². The van der Waals surface area contributed by atoms with Crippen molar-refractivity contribution in [3.8, 4) is 0 Å². The molecule has 0 aromatic heterocycles. The predicted octanol–water partition coefficient (Wildman–Crippen LogP) is 2.64. The summed E-state index contributed by atoms with van der Waals surface area (Å²) in [6.45, 7) is 4.44. The number of benzene rings is 1. The number of fused-ring (bicyclic) bond motifs is 1. The zero-order valence-electron chi connectivity index (χ0n) is 16.4. The van der Waals surface area contributed by atoms with Gasteiger partial charge < -0.3 is 9.64 Å². The van der Waals surface area contributed by atoms with Crippen molar-refractivity contribution >= 4 is 23.7 Å². The van der Waals surface area contributed by atoms with E-state index in [4.69, 9.17) is 4.74 Å². The second-order valence-electron chi connectivity index (χ2n) is 7.17. The molecule has 150 valence electrons. The molecule has 28 heavy (non-hydrogen) atoms. The molecule has 1 fully saturated rings. The maximum Gasteiger partial charge on any atom is 0.338 e. The summed E-state index contributed by atoms with van der Waals surface area (Å²) in [6, 6.07) is 4.31. The van der Waals surface area contributed by atoms with Crippen LogP contribution in [0, 0.1) is 0 Å². The first-order valence-electron chi connectivity index (χ1n) is 9.94. The Labute approximate surface area is 164 Å². The summed E-state index contributed by atoms with van der Waals surface area (Å²) >= 11 is 0. The third kappa shape index (κ3) is 3.79. The molecule has 0 saturated heterocycles. The van der Waals surface area contributed by atoms with E-state index in [0.29, 0.717) is 18.7 Å². The zero-order valence-corrected chi connectivity index (χ0v) is 16.4. The summed E-state index contributed by atoms with van der Waals surface area (Å²) in [5.74, 6) is -1.58. The fourth-order valence-electron chi connectivity index (χ4n) is 3.94. The molecule has 7 nitrogen and oxygen atoms in total. The van der Waals surface area contributed by atoms with Gasteiger partial charge >= 0.3 is 5.97 Å². The molecule has 0 atom stereocenters. The van der Waals surface area contributed by atoms with Crippen molar-refractivity contribution in [3.05, 3.63) is 34.9 Å². The molecular formula is C21H26N2O5. The fourth-order valence-corrected chi connectivity index (χ4v) is 3.94. The zero-order chi connectivity index (χ0) is 20.3. The Morgan fingerprint density at radius 3 is 2.32 bits per heavy atom. The van der Waals surface area contributed by atoms with Gasteiger partial charge in [-0.15, -0.1) is 0 Å². The van der Waals surface area contributed by atoms with Crippen molar-refractivity contribution in [2.24, 2.45) is 0 Å². The van der Waals surface area contributed by atoms with E-state index in [9.17, 15) is 19.2 Å². The molecule has 1 heterocycles. The third-order valence-corrected chi connectivity index (χ3v) is 5.54. The SMILES string of the molecule is CCN(CC)C(=O)COC(=O)c1ccc2c(c1)C(=O)N(C1CCCCC1)C2=O. The fraction of sp³-hybridized carbons (Fsp3) is 0.524. The molecule has 1 aromatic rings. The molecule has 1 aromatic carbocycles. The maximum absolute atomic E-state index is 12.8. The Hall–Kier alpha value is -2.70. The van der Waals surface area contributed by atoms with Gasteiger partial charge in [0.1, 0.15) is 0 Å². The normalized spacial score (nSPS) is 16.9. The quantitative estimate of drug-likeness (QED) is 0.554. The van der Waals surface area contributed by atoms with E-state index in [1.165, 1.54) is 23.1 Å². The molecule has 0 N–H and O–H groups in total. The highest BCUT2D eigenvalue weighted by atomic mass is 16.5. The number of likely N-dealkylation sites (N-methyl/N-ethyl adjacent to an activating group) is 1. The van der Waals surface area contributed by atoms with Gasteiger partial charge in [0.05, 0.1) is 16.7 Å². The topological polar surface area (TPSA) is 84.0 Å². The molecule has 1 saturated carbocycles. The van der Waals surface area contributed by atoms with Crippen LogP contribution in [0.5, 0.6) is 0 Å². The van der Waals surface area contributed by atoms with E-state index in [1.807, 2.05) is 13.8 Å². The van der Waals surface area contributed by atoms with Crippen LogP contribution in [0.2, 0.25) is 0 Å². The number of hydrogen-bond acceptors (Lipinski definition) is 5. The summed E-state index contributed by atoms with van der Waals surface area (Å²) in [4.78, 5) is 52.7. The Morgan fingerprint density at radius 1 is 1.04 bits per heavy atom. The van der Waals surface area contributed by atoms with Crippen molar-refractivity contribution in [1.82, 2.24) is 9.80 Å². The van der Waals surface area contributed by atoms with E-state index in [0.717, 1.165) is 32.1 Å². The summed E-state index contributed by atoms with van der Waals surface area (Å²) in [5.41, 5.74) is 0.726. The van der Waals surface area contributed by atoms with E-state index >= 15 is 0 Å². The summed E-state index contributed by atoms with van der Waals surface area (Å²) in [6.07, 6.45) is 4.80. The molecule has 0 radical (unpaired) electrons. The van der Waals surface area contributed by atoms with Gasteiger partial charge in [-0.05, 0) is 44.9 Å². The minimum absolute atomic E-state index is 0.0664. The predicted molar refractivity (Wildman–Crippen MR) is 102 cm³/mol. The highest BCUT2D eigenvalue weighted by Crippen LogP contribution is 2.31. The minimum atomic E-state index is -0.681. The van der Waals surface area contributed by atoms with Crippen molar-refractivity contribution in [2.45, 2.75) is 52.0 Å². The number of ether oxygens (including phenoxy) is 1. The lowest BCUT2D eigenvalue weighted by Crippen LogP contribution is -2.40. The number of hydrogen-bond donors (Lipinski definition) is 0. The molecule has 0 bridgehead atoms. The lowest BCUT2D eigenvalue weighted by Gasteiger charge is -2.29. The Kier molecular flexibility index (Phi) is 6.11. The monoisotopic (exact) mass is 386 g/mol. The van der Waals surface area contributed by atoms with Gasteiger partial charge in [0.2, 0.25) is 0 Å². The average molecular weight is 386 g/mol. The Bertz CT molecular complexity index is 794. The Morgan fingerprint density at radius 2 is 1.68 bits per heavy atom. The second kappa shape index (κ2) is 8.54. The number of imide groups is 1. The second-order valence-corrected chi connectivity index (χ2v) is 7.17. The number of amides is 3. The van der Waals surface area contributed by atoms with Crippen LogP contribution in [0.4, 0.5) is 0 Å². The number of carbonyl (C=O) groups is 4. The highest BCUT2D eigenvalue weighted by Gasteiger charge is 2.40. The summed E-state index contributed by atoms with van der Waals surface area (Å²) < 4.78 is 5.10. The molecule has 2 aliphatic rings. The minimum Gasteiger partial charge on any atom is -0.452 e. The molecule has 1 aliphatic heterocycles. The van der Waals surface area contributed by atoms with Crippen LogP contribution in [-0.4, -0.2) is 59.2 Å². The van der Waals surface area contributed by atoms with Gasteiger partial charge in [-0.1, -0.05) is 19.3 Å². The number of carbonyl (C=O) groups excluding carboxylic acids is 4. The van der Waals surface area contributed by atoms with Crippen LogP contribution in [-0.2, 0) is 9.53 Å². The van der Waals surface area contributed by atoms with E-state index < -0.39 is 5.97 Å². The van der Waals surface area contributed by atoms with Crippen LogP contribution in [0.3, 0.4) is 0 Å². The van der Waals surface area contributed by atoms with Crippen LogP contribution >= 0.6 is 0 Å². The summed E-state index contributed by atoms with van der Waals surface area (Å²) in [7, 11) is 0. The first kappa shape index (κ1) is 20.0. The van der Waals surface area contributed by atoms with Crippen LogP contribution in [0.25, 0.3) is 0 Å². The first-order valence-corrected chi connectivity index (χ1v) is 9.94. The largest absolute Gasteiger partial charge is 0.452 e. The molecule has 0 unspecified atom stereocenters. The van der Waals surface area contributed by atoms with Crippen molar-refractivity contribution in [1.29, 1.82) is 0 Å². The number of rotatable bonds is 6. The van der Waals surface area contributed by atoms with E-state index in [2.05, 4.69) is 0 Å². The van der Waals surface area contributed by atoms with Crippen molar-refractivity contribution < 1.29 is 23.9 Å². The van der Waals surface area contributed by atoms with Crippen LogP contribution < -0.4 is 0 Å². The molecule has 3 rings (SSSR count). The highest BCUT2D eigenvalue weighted by molar-refractivity contribution is 6.22. The molecule has 0 spiro atoms. The van der Waals surface area contributed by atoms with Crippen molar-refractivity contribution in [3.63, 3.8) is 0 Å². The third-order valence-electron chi connectivity index (χ3n) is 5.54. The Balaban J connectivity index is 1.71. The smallest absolute Gasteiger partial charge is 0.338 e. The molecule has 7 heteroatoms. The van der Waals surface area contributed by atoms with Gasteiger partial charge in [0, 0.05) is 19.1 Å². The van der Waals surface area contributed by atoms with Gasteiger partial charge in [0.25, 0.3) is 17.7 Å². The molecule has 1 aliphatic carbocycles. The molecule has 3 amide bonds. The standard InChI is InChI=1S/C21H26N2O5/c1-3-22(4-2)18(24)13-28-21(27)14-10-11-16-17(12-14)20(26)23(19(16)25)15-8-6-5-7-9-15/h10-12,15H,3-9,13H2,1-2H3. The van der Waals surface area contributed by atoms with Crippen LogP contribution in [0.15, 0.2) is 18.2 Å². The van der Waals surface area contributed by atoms with Gasteiger partial charge in [-0.3, -0.25) is 19.3 Å². The van der Waals surface area contributed by atoms with Crippen molar-refractivity contribution in [2.75, 3.05) is 19.7 Å². The molecular weight excluding hydrogens is 360 g/mol. The van der Waals surface area contributed by atoms with E-state index in [1.54, 1.807) is 4.90 Å². The van der Waals surface area contributed by atoms with E-state index in [-0.39, 0.29) is 41.5 Å². The number of nitrogens with zero attached hydrogens (tertiary/aromatic N) is 2. The lowest BCUT2D eigenvalue weighted by atomic mass is 9.94. The average Bonchev–Trinajstić information content (AvgIpc) is 2.97. The summed E-state index contributed by atoms with van der Waals surface area (Å²) in [5, 5.41) is 0. The first-order chi connectivity index (χ1) is 13.5. The van der Waals surface area contributed by atoms with Crippen LogP contribution in [0.1, 0.15) is 77.0 Å². The van der Waals surface area contributed by atoms with Gasteiger partial charge in [-0.2, -0.15) is 0 Å². The van der Waals surface area contributed by atoms with Gasteiger partial charge in [-0.25, -0.2) is 4.79 Å².